The fourth-order valence-corrected chi connectivity index (χ4v) is 2.42. The fraction of sp³-hybridized carbons (Fsp3) is 0.800. The highest BCUT2D eigenvalue weighted by atomic mass is 32.2. The van der Waals surface area contributed by atoms with Gasteiger partial charge in [-0.25, -0.2) is 18.1 Å². The van der Waals surface area contributed by atoms with Crippen molar-refractivity contribution in [3.8, 4) is 0 Å². The average Bonchev–Trinajstić information content (AvgIpc) is 2.73. The molecule has 1 aromatic heterocycles. The van der Waals surface area contributed by atoms with Crippen LogP contribution in [-0.2, 0) is 23.6 Å². The lowest BCUT2D eigenvalue weighted by Crippen LogP contribution is -2.28. The zero-order valence-electron chi connectivity index (χ0n) is 10.9. The fourth-order valence-electron chi connectivity index (χ4n) is 1.40. The SMILES string of the molecule is CCCNCCCS(=O)(=O)NCc1ncn(C)n1. The molecule has 0 aliphatic rings. The van der Waals surface area contributed by atoms with E-state index in [0.29, 0.717) is 12.2 Å². The van der Waals surface area contributed by atoms with Crippen LogP contribution in [0.3, 0.4) is 0 Å². The summed E-state index contributed by atoms with van der Waals surface area (Å²) in [6.45, 7) is 3.86. The van der Waals surface area contributed by atoms with Gasteiger partial charge in [0, 0.05) is 7.05 Å². The van der Waals surface area contributed by atoms with Gasteiger partial charge < -0.3 is 5.32 Å². The van der Waals surface area contributed by atoms with Crippen LogP contribution in [0.5, 0.6) is 0 Å². The van der Waals surface area contributed by atoms with Gasteiger partial charge in [-0.1, -0.05) is 6.92 Å². The summed E-state index contributed by atoms with van der Waals surface area (Å²) < 4.78 is 27.3. The molecule has 1 rings (SSSR count). The van der Waals surface area contributed by atoms with Gasteiger partial charge in [-0.05, 0) is 25.9 Å². The monoisotopic (exact) mass is 275 g/mol. The maximum atomic E-state index is 11.6. The molecule has 0 amide bonds. The van der Waals surface area contributed by atoms with E-state index in [0.717, 1.165) is 19.5 Å². The van der Waals surface area contributed by atoms with E-state index in [1.165, 1.54) is 11.0 Å². The predicted molar refractivity (Wildman–Crippen MR) is 69.4 cm³/mol. The van der Waals surface area contributed by atoms with Crippen molar-refractivity contribution in [1.29, 1.82) is 0 Å². The lowest BCUT2D eigenvalue weighted by molar-refractivity contribution is 0.572. The van der Waals surface area contributed by atoms with Crippen molar-refractivity contribution in [1.82, 2.24) is 24.8 Å². The molecule has 104 valence electrons. The highest BCUT2D eigenvalue weighted by Gasteiger charge is 2.10. The largest absolute Gasteiger partial charge is 0.317 e. The van der Waals surface area contributed by atoms with Crippen molar-refractivity contribution in [2.24, 2.45) is 7.05 Å². The van der Waals surface area contributed by atoms with Crippen LogP contribution < -0.4 is 10.0 Å². The van der Waals surface area contributed by atoms with Gasteiger partial charge in [0.05, 0.1) is 12.3 Å². The van der Waals surface area contributed by atoms with Gasteiger partial charge in [0.15, 0.2) is 5.82 Å². The average molecular weight is 275 g/mol. The molecule has 0 radical (unpaired) electrons. The number of hydrogen-bond donors (Lipinski definition) is 2. The Hall–Kier alpha value is -0.990. The molecule has 1 heterocycles. The molecule has 8 heteroatoms. The Morgan fingerprint density at radius 3 is 2.78 bits per heavy atom. The highest BCUT2D eigenvalue weighted by Crippen LogP contribution is 1.93. The Labute approximate surface area is 108 Å². The smallest absolute Gasteiger partial charge is 0.212 e. The van der Waals surface area contributed by atoms with E-state index < -0.39 is 10.0 Å². The number of rotatable bonds is 9. The number of nitrogens with one attached hydrogen (secondary N) is 2. The second-order valence-electron chi connectivity index (χ2n) is 4.08. The van der Waals surface area contributed by atoms with Gasteiger partial charge in [0.1, 0.15) is 6.33 Å². The first kappa shape index (κ1) is 15.1. The standard InChI is InChI=1S/C10H21N5O2S/c1-3-5-11-6-4-7-18(16,17)13-8-10-12-9-15(2)14-10/h9,11,13H,3-8H2,1-2H3. The van der Waals surface area contributed by atoms with E-state index in [4.69, 9.17) is 0 Å². The number of nitrogens with zero attached hydrogens (tertiary/aromatic N) is 3. The van der Waals surface area contributed by atoms with E-state index in [2.05, 4.69) is 27.0 Å². The first-order valence-corrected chi connectivity index (χ1v) is 7.71. The molecule has 2 N–H and O–H groups in total. The molecule has 0 atom stereocenters. The van der Waals surface area contributed by atoms with Gasteiger partial charge in [0.25, 0.3) is 0 Å². The van der Waals surface area contributed by atoms with Crippen molar-refractivity contribution in [2.75, 3.05) is 18.8 Å². The molecule has 0 bridgehead atoms. The summed E-state index contributed by atoms with van der Waals surface area (Å²) in [7, 11) is -1.50. The molecule has 0 aliphatic heterocycles. The maximum absolute atomic E-state index is 11.6. The normalized spacial score (nSPS) is 11.9. The van der Waals surface area contributed by atoms with Crippen LogP contribution in [0.4, 0.5) is 0 Å². The van der Waals surface area contributed by atoms with Gasteiger partial charge in [0.2, 0.25) is 10.0 Å². The first-order valence-electron chi connectivity index (χ1n) is 6.06. The Kier molecular flexibility index (Phi) is 6.23. The third-order valence-electron chi connectivity index (χ3n) is 2.29. The Balaban J connectivity index is 2.23. The molecule has 1 aromatic rings. The summed E-state index contributed by atoms with van der Waals surface area (Å²) in [5.74, 6) is 0.599. The van der Waals surface area contributed by atoms with E-state index >= 15 is 0 Å². The Bertz CT molecular complexity index is 443. The lowest BCUT2D eigenvalue weighted by Gasteiger charge is -2.05. The summed E-state index contributed by atoms with van der Waals surface area (Å²) in [6, 6.07) is 0. The van der Waals surface area contributed by atoms with Crippen LogP contribution in [0.2, 0.25) is 0 Å². The molecule has 0 aliphatic carbocycles. The second-order valence-corrected chi connectivity index (χ2v) is 6.00. The van der Waals surface area contributed by atoms with E-state index in [9.17, 15) is 8.42 Å². The highest BCUT2D eigenvalue weighted by molar-refractivity contribution is 7.89. The molecule has 0 aromatic carbocycles. The van der Waals surface area contributed by atoms with Crippen LogP contribution in [-0.4, -0.2) is 42.0 Å². The molecule has 0 saturated carbocycles. The van der Waals surface area contributed by atoms with Crippen LogP contribution in [0, 0.1) is 0 Å². The molecule has 7 nitrogen and oxygen atoms in total. The Morgan fingerprint density at radius 1 is 1.39 bits per heavy atom. The van der Waals surface area contributed by atoms with Crippen LogP contribution in [0.15, 0.2) is 6.33 Å². The zero-order valence-corrected chi connectivity index (χ0v) is 11.7. The van der Waals surface area contributed by atoms with E-state index in [-0.39, 0.29) is 12.3 Å². The molecular weight excluding hydrogens is 254 g/mol. The first-order chi connectivity index (χ1) is 8.53. The van der Waals surface area contributed by atoms with Gasteiger partial charge >= 0.3 is 0 Å². The summed E-state index contributed by atoms with van der Waals surface area (Å²) in [6.07, 6.45) is 3.19. The van der Waals surface area contributed by atoms with Crippen LogP contribution >= 0.6 is 0 Å². The predicted octanol–water partition coefficient (Wildman–Crippen LogP) is -0.376. The minimum absolute atomic E-state index is 0.122. The summed E-state index contributed by atoms with van der Waals surface area (Å²) in [5.41, 5.74) is 0. The molecule has 0 unspecified atom stereocenters. The van der Waals surface area contributed by atoms with Crippen molar-refractivity contribution >= 4 is 10.0 Å². The molecule has 0 spiro atoms. The summed E-state index contributed by atoms with van der Waals surface area (Å²) >= 11 is 0. The zero-order chi connectivity index (χ0) is 13.4. The van der Waals surface area contributed by atoms with E-state index in [1.807, 2.05) is 0 Å². The van der Waals surface area contributed by atoms with Crippen molar-refractivity contribution in [3.63, 3.8) is 0 Å². The molecule has 18 heavy (non-hydrogen) atoms. The van der Waals surface area contributed by atoms with Gasteiger partial charge in [-0.2, -0.15) is 5.10 Å². The number of sulfonamides is 1. The molecule has 0 fully saturated rings. The third-order valence-corrected chi connectivity index (χ3v) is 3.70. The minimum Gasteiger partial charge on any atom is -0.317 e. The molecule has 0 saturated heterocycles. The van der Waals surface area contributed by atoms with E-state index in [1.54, 1.807) is 7.05 Å². The lowest BCUT2D eigenvalue weighted by atomic mass is 10.4. The minimum atomic E-state index is -3.24. The van der Waals surface area contributed by atoms with Gasteiger partial charge in [-0.3, -0.25) is 4.68 Å². The number of aryl methyl sites for hydroxylation is 1. The Morgan fingerprint density at radius 2 is 2.17 bits per heavy atom. The quantitative estimate of drug-likeness (QED) is 0.600. The van der Waals surface area contributed by atoms with Crippen molar-refractivity contribution in [2.45, 2.75) is 26.3 Å². The number of aromatic nitrogens is 3. The van der Waals surface area contributed by atoms with Crippen LogP contribution in [0.1, 0.15) is 25.6 Å². The van der Waals surface area contributed by atoms with Crippen molar-refractivity contribution in [3.05, 3.63) is 12.2 Å². The topological polar surface area (TPSA) is 88.9 Å². The second kappa shape index (κ2) is 7.45. The summed E-state index contributed by atoms with van der Waals surface area (Å²) in [5, 5.41) is 7.17. The van der Waals surface area contributed by atoms with Crippen molar-refractivity contribution < 1.29 is 8.42 Å². The van der Waals surface area contributed by atoms with Crippen LogP contribution in [0.25, 0.3) is 0 Å². The van der Waals surface area contributed by atoms with Gasteiger partial charge in [-0.15, -0.1) is 0 Å². The maximum Gasteiger partial charge on any atom is 0.212 e. The summed E-state index contributed by atoms with van der Waals surface area (Å²) in [4.78, 5) is 3.95. The molecular formula is C10H21N5O2S. The number of hydrogen-bond acceptors (Lipinski definition) is 5. The third kappa shape index (κ3) is 6.08.